The number of para-hydroxylation sites is 1. The van der Waals surface area contributed by atoms with Crippen molar-refractivity contribution in [1.29, 1.82) is 0 Å². The maximum atomic E-state index is 10.8. The van der Waals surface area contributed by atoms with Crippen LogP contribution in [0.15, 0.2) is 54.6 Å². The summed E-state index contributed by atoms with van der Waals surface area (Å²) in [5.41, 5.74) is 4.83. The first-order valence-corrected chi connectivity index (χ1v) is 7.64. The lowest BCUT2D eigenvalue weighted by Crippen LogP contribution is -2.42. The van der Waals surface area contributed by atoms with Crippen LogP contribution in [0.4, 0.5) is 5.69 Å². The fourth-order valence-corrected chi connectivity index (χ4v) is 3.57. The molecule has 2 nitrogen and oxygen atoms in total. The van der Waals surface area contributed by atoms with Gasteiger partial charge in [-0.2, -0.15) is 0 Å². The molecule has 0 saturated carbocycles. The minimum absolute atomic E-state index is 0.0290. The predicted octanol–water partition coefficient (Wildman–Crippen LogP) is 3.57. The summed E-state index contributed by atoms with van der Waals surface area (Å²) in [6.45, 7) is 1.01. The molecule has 1 unspecified atom stereocenters. The summed E-state index contributed by atoms with van der Waals surface area (Å²) in [6.07, 6.45) is 6.11. The van der Waals surface area contributed by atoms with Gasteiger partial charge in [-0.15, -0.1) is 0 Å². The Bertz CT molecular complexity index is 691. The summed E-state index contributed by atoms with van der Waals surface area (Å²) in [4.78, 5) is 2.36. The number of nitrogens with zero attached hydrogens (tertiary/aromatic N) is 1. The number of fused-ring (bicyclic) bond motifs is 2. The summed E-state index contributed by atoms with van der Waals surface area (Å²) < 4.78 is 0. The lowest BCUT2D eigenvalue weighted by Gasteiger charge is -2.40. The minimum Gasteiger partial charge on any atom is -0.386 e. The maximum absolute atomic E-state index is 10.8. The van der Waals surface area contributed by atoms with E-state index in [0.29, 0.717) is 0 Å². The summed E-state index contributed by atoms with van der Waals surface area (Å²) in [7, 11) is 0. The van der Waals surface area contributed by atoms with Crippen molar-refractivity contribution in [2.24, 2.45) is 0 Å². The van der Waals surface area contributed by atoms with Crippen LogP contribution in [0.2, 0.25) is 0 Å². The molecular weight excluding hydrogens is 258 g/mol. The highest BCUT2D eigenvalue weighted by atomic mass is 16.3. The van der Waals surface area contributed by atoms with E-state index in [-0.39, 0.29) is 6.04 Å². The lowest BCUT2D eigenvalue weighted by atomic mass is 9.89. The number of benzene rings is 2. The third-order valence-electron chi connectivity index (χ3n) is 4.62. The van der Waals surface area contributed by atoms with Gasteiger partial charge >= 0.3 is 0 Å². The molecule has 106 valence electrons. The van der Waals surface area contributed by atoms with E-state index in [9.17, 15) is 5.11 Å². The van der Waals surface area contributed by atoms with Crippen molar-refractivity contribution in [2.75, 3.05) is 11.4 Å². The van der Waals surface area contributed by atoms with Gasteiger partial charge in [-0.05, 0) is 35.6 Å². The van der Waals surface area contributed by atoms with Crippen LogP contribution >= 0.6 is 0 Å². The molecular formula is C19H19NO. The van der Waals surface area contributed by atoms with Crippen molar-refractivity contribution >= 4 is 11.8 Å². The molecule has 0 bridgehead atoms. The van der Waals surface area contributed by atoms with Crippen LogP contribution in [0.3, 0.4) is 0 Å². The summed E-state index contributed by atoms with van der Waals surface area (Å²) in [5.74, 6) is 0. The van der Waals surface area contributed by atoms with Gasteiger partial charge in [0.2, 0.25) is 0 Å². The van der Waals surface area contributed by atoms with E-state index in [1.165, 1.54) is 11.3 Å². The fourth-order valence-electron chi connectivity index (χ4n) is 3.57. The fraction of sp³-hybridized carbons (Fsp3) is 0.263. The van der Waals surface area contributed by atoms with Crippen LogP contribution in [0.25, 0.3) is 6.08 Å². The van der Waals surface area contributed by atoms with Crippen molar-refractivity contribution in [1.82, 2.24) is 0 Å². The Hall–Kier alpha value is -2.06. The van der Waals surface area contributed by atoms with Crippen LogP contribution in [0, 0.1) is 0 Å². The number of hydrogen-bond acceptors (Lipinski definition) is 2. The summed E-state index contributed by atoms with van der Waals surface area (Å²) in [5, 5.41) is 10.8. The normalized spacial score (nSPS) is 23.6. The molecule has 1 heterocycles. The van der Waals surface area contributed by atoms with Crippen LogP contribution in [0.1, 0.15) is 29.2 Å². The topological polar surface area (TPSA) is 23.5 Å². The van der Waals surface area contributed by atoms with Crippen molar-refractivity contribution in [2.45, 2.75) is 25.0 Å². The zero-order valence-electron chi connectivity index (χ0n) is 11.9. The van der Waals surface area contributed by atoms with Gasteiger partial charge < -0.3 is 10.0 Å². The number of aliphatic hydroxyl groups excluding tert-OH is 1. The van der Waals surface area contributed by atoms with E-state index < -0.39 is 6.10 Å². The number of hydrogen-bond donors (Lipinski definition) is 1. The average Bonchev–Trinajstić information content (AvgIpc) is 2.55. The number of aryl methyl sites for hydroxylation is 1. The van der Waals surface area contributed by atoms with Gasteiger partial charge in [-0.1, -0.05) is 54.6 Å². The second-order valence-corrected chi connectivity index (χ2v) is 5.85. The van der Waals surface area contributed by atoms with Crippen molar-refractivity contribution < 1.29 is 5.11 Å². The van der Waals surface area contributed by atoms with Crippen molar-refractivity contribution in [3.8, 4) is 0 Å². The van der Waals surface area contributed by atoms with E-state index in [2.05, 4.69) is 47.4 Å². The summed E-state index contributed by atoms with van der Waals surface area (Å²) in [6, 6.07) is 16.7. The molecule has 2 heteroatoms. The molecule has 1 aliphatic heterocycles. The van der Waals surface area contributed by atoms with Gasteiger partial charge in [0.15, 0.2) is 0 Å². The molecule has 0 amide bonds. The molecule has 4 rings (SSSR count). The van der Waals surface area contributed by atoms with Gasteiger partial charge in [0.1, 0.15) is 6.10 Å². The third kappa shape index (κ3) is 2.07. The van der Waals surface area contributed by atoms with Gasteiger partial charge in [-0.25, -0.2) is 0 Å². The first-order chi connectivity index (χ1) is 10.3. The van der Waals surface area contributed by atoms with Crippen LogP contribution in [0.5, 0.6) is 0 Å². The van der Waals surface area contributed by atoms with E-state index in [1.54, 1.807) is 0 Å². The van der Waals surface area contributed by atoms with Crippen molar-refractivity contribution in [3.05, 3.63) is 71.3 Å². The Morgan fingerprint density at radius 3 is 2.76 bits per heavy atom. The van der Waals surface area contributed by atoms with E-state index in [0.717, 1.165) is 30.5 Å². The van der Waals surface area contributed by atoms with Gasteiger partial charge in [0.25, 0.3) is 0 Å². The molecule has 0 fully saturated rings. The second kappa shape index (κ2) is 5.05. The highest BCUT2D eigenvalue weighted by molar-refractivity contribution is 5.63. The quantitative estimate of drug-likeness (QED) is 0.861. The Balaban J connectivity index is 1.73. The monoisotopic (exact) mass is 277 g/mol. The Morgan fingerprint density at radius 2 is 1.81 bits per heavy atom. The van der Waals surface area contributed by atoms with Crippen LogP contribution < -0.4 is 4.90 Å². The Labute approximate surface area is 125 Å². The molecule has 0 radical (unpaired) electrons. The minimum atomic E-state index is -0.461. The molecule has 0 saturated heterocycles. The van der Waals surface area contributed by atoms with Crippen LogP contribution in [-0.2, 0) is 6.42 Å². The molecule has 21 heavy (non-hydrogen) atoms. The highest BCUT2D eigenvalue weighted by Crippen LogP contribution is 2.36. The van der Waals surface area contributed by atoms with E-state index in [1.807, 2.05) is 18.2 Å². The lowest BCUT2D eigenvalue weighted by molar-refractivity contribution is 0.156. The molecule has 2 atom stereocenters. The maximum Gasteiger partial charge on any atom is 0.103 e. The molecule has 2 aromatic carbocycles. The van der Waals surface area contributed by atoms with E-state index >= 15 is 0 Å². The molecule has 2 aromatic rings. The highest BCUT2D eigenvalue weighted by Gasteiger charge is 2.31. The zero-order valence-corrected chi connectivity index (χ0v) is 11.9. The predicted molar refractivity (Wildman–Crippen MR) is 86.3 cm³/mol. The molecule has 2 aliphatic rings. The molecule has 1 N–H and O–H groups in total. The first-order valence-electron chi connectivity index (χ1n) is 7.64. The largest absolute Gasteiger partial charge is 0.386 e. The van der Waals surface area contributed by atoms with Crippen molar-refractivity contribution in [3.63, 3.8) is 0 Å². The summed E-state index contributed by atoms with van der Waals surface area (Å²) >= 11 is 0. The zero-order chi connectivity index (χ0) is 14.2. The SMILES string of the molecule is OC1c2ccccc2C=C[C@H]1N1CCCc2ccccc21. The Morgan fingerprint density at radius 1 is 1.00 bits per heavy atom. The van der Waals surface area contributed by atoms with Gasteiger partial charge in [0.05, 0.1) is 6.04 Å². The number of rotatable bonds is 1. The molecule has 1 aliphatic carbocycles. The average molecular weight is 277 g/mol. The third-order valence-corrected chi connectivity index (χ3v) is 4.62. The number of anilines is 1. The van der Waals surface area contributed by atoms with E-state index in [4.69, 9.17) is 0 Å². The number of aliphatic hydroxyl groups is 1. The first kappa shape index (κ1) is 12.7. The van der Waals surface area contributed by atoms with Gasteiger partial charge in [0, 0.05) is 12.2 Å². The smallest absolute Gasteiger partial charge is 0.103 e. The van der Waals surface area contributed by atoms with Gasteiger partial charge in [-0.3, -0.25) is 0 Å². The van der Waals surface area contributed by atoms with Crippen LogP contribution in [-0.4, -0.2) is 17.7 Å². The standard InChI is InChI=1S/C19H19NO/c21-19-16-9-3-1-6-14(16)11-12-18(19)20-13-5-8-15-7-2-4-10-17(15)20/h1-4,6-7,9-12,18-19,21H,5,8,13H2/t18-,19?/m1/s1. The Kier molecular flexibility index (Phi) is 3.04. The second-order valence-electron chi connectivity index (χ2n) is 5.85. The molecule has 0 spiro atoms. The molecule has 0 aromatic heterocycles.